The van der Waals surface area contributed by atoms with Gasteiger partial charge in [-0.2, -0.15) is 0 Å². The van der Waals surface area contributed by atoms with Crippen molar-refractivity contribution in [2.24, 2.45) is 0 Å². The molecule has 0 bridgehead atoms. The van der Waals surface area contributed by atoms with Crippen molar-refractivity contribution >= 4 is 17.7 Å². The monoisotopic (exact) mass is 276 g/mol. The molecule has 19 heavy (non-hydrogen) atoms. The molecule has 0 rings (SSSR count). The fourth-order valence-electron chi connectivity index (χ4n) is 1.43. The van der Waals surface area contributed by atoms with E-state index in [-0.39, 0.29) is 13.2 Å². The highest BCUT2D eigenvalue weighted by Crippen LogP contribution is 2.19. The smallest absolute Gasteiger partial charge is 0.309 e. The fourth-order valence-corrected chi connectivity index (χ4v) is 1.43. The third-order valence-electron chi connectivity index (χ3n) is 2.28. The Kier molecular flexibility index (Phi) is 7.94. The first-order valence-electron chi connectivity index (χ1n) is 5.95. The molecular weight excluding hydrogens is 256 g/mol. The van der Waals surface area contributed by atoms with E-state index in [1.807, 2.05) is 0 Å². The molecule has 0 fully saturated rings. The molecule has 0 spiro atoms. The number of esters is 2. The maximum atomic E-state index is 11.8. The molecule has 0 amide bonds. The molecule has 0 aromatic rings. The maximum Gasteiger partial charge on any atom is 0.309 e. The van der Waals surface area contributed by atoms with Crippen molar-refractivity contribution < 1.29 is 33.7 Å². The van der Waals surface area contributed by atoms with Gasteiger partial charge >= 0.3 is 11.9 Å². The van der Waals surface area contributed by atoms with Gasteiger partial charge in [-0.3, -0.25) is 14.4 Å². The van der Waals surface area contributed by atoms with Crippen molar-refractivity contribution in [2.45, 2.75) is 32.3 Å². The molecule has 1 N–H and O–H groups in total. The van der Waals surface area contributed by atoms with Crippen LogP contribution in [-0.4, -0.2) is 55.4 Å². The Labute approximate surface area is 111 Å². The number of Topliss-reactive ketones (excluding diaryl/α,β-unsaturated/α-hetero) is 1. The van der Waals surface area contributed by atoms with Gasteiger partial charge in [0.2, 0.25) is 0 Å². The molecule has 0 aliphatic heterocycles. The summed E-state index contributed by atoms with van der Waals surface area (Å²) in [5, 5.41) is 10.2. The van der Waals surface area contributed by atoms with Crippen LogP contribution in [0.25, 0.3) is 0 Å². The topological polar surface area (TPSA) is 99.1 Å². The third kappa shape index (κ3) is 6.30. The average molecular weight is 276 g/mol. The zero-order valence-electron chi connectivity index (χ0n) is 11.4. The molecule has 0 saturated heterocycles. The summed E-state index contributed by atoms with van der Waals surface area (Å²) in [5.74, 6) is -2.30. The predicted octanol–water partition coefficient (Wildman–Crippen LogP) is -0.161. The molecule has 0 aliphatic carbocycles. The normalized spacial score (nSPS) is 10.9. The first-order valence-corrected chi connectivity index (χ1v) is 5.95. The van der Waals surface area contributed by atoms with E-state index in [2.05, 4.69) is 14.2 Å². The predicted molar refractivity (Wildman–Crippen MR) is 64.3 cm³/mol. The van der Waals surface area contributed by atoms with Crippen molar-refractivity contribution in [1.29, 1.82) is 0 Å². The summed E-state index contributed by atoms with van der Waals surface area (Å²) in [5.41, 5.74) is -2.16. The SMILES string of the molecule is CCOC(=O)CC(O)(CC(=O)OCC)C(=O)COC. The van der Waals surface area contributed by atoms with Crippen LogP contribution >= 0.6 is 0 Å². The van der Waals surface area contributed by atoms with E-state index < -0.39 is 42.8 Å². The van der Waals surface area contributed by atoms with Gasteiger partial charge in [0.05, 0.1) is 26.1 Å². The molecule has 7 nitrogen and oxygen atoms in total. The van der Waals surface area contributed by atoms with Crippen LogP contribution in [0.15, 0.2) is 0 Å². The molecular formula is C12H20O7. The number of carbonyl (C=O) groups is 3. The van der Waals surface area contributed by atoms with Crippen LogP contribution in [0.2, 0.25) is 0 Å². The minimum absolute atomic E-state index is 0.118. The largest absolute Gasteiger partial charge is 0.466 e. The second-order valence-corrected chi connectivity index (χ2v) is 3.85. The van der Waals surface area contributed by atoms with Gasteiger partial charge < -0.3 is 19.3 Å². The summed E-state index contributed by atoms with van der Waals surface area (Å²) in [6, 6.07) is 0. The summed E-state index contributed by atoms with van der Waals surface area (Å²) in [6.45, 7) is 3.02. The Bertz CT molecular complexity index is 304. The van der Waals surface area contributed by atoms with Crippen molar-refractivity contribution in [3.05, 3.63) is 0 Å². The van der Waals surface area contributed by atoms with E-state index in [0.29, 0.717) is 0 Å². The number of hydrogen-bond acceptors (Lipinski definition) is 7. The lowest BCUT2D eigenvalue weighted by Crippen LogP contribution is -2.45. The zero-order chi connectivity index (χ0) is 14.9. The highest BCUT2D eigenvalue weighted by Gasteiger charge is 2.41. The minimum atomic E-state index is -2.16. The van der Waals surface area contributed by atoms with Gasteiger partial charge in [0.25, 0.3) is 0 Å². The lowest BCUT2D eigenvalue weighted by atomic mass is 9.91. The highest BCUT2D eigenvalue weighted by atomic mass is 16.5. The first-order chi connectivity index (χ1) is 8.89. The number of ether oxygens (including phenoxy) is 3. The quantitative estimate of drug-likeness (QED) is 0.584. The van der Waals surface area contributed by atoms with E-state index in [1.54, 1.807) is 13.8 Å². The van der Waals surface area contributed by atoms with E-state index >= 15 is 0 Å². The highest BCUT2D eigenvalue weighted by molar-refractivity contribution is 5.95. The van der Waals surface area contributed by atoms with Gasteiger partial charge in [0, 0.05) is 7.11 Å². The van der Waals surface area contributed by atoms with Crippen molar-refractivity contribution in [3.8, 4) is 0 Å². The molecule has 0 aromatic carbocycles. The fraction of sp³-hybridized carbons (Fsp3) is 0.750. The van der Waals surface area contributed by atoms with Crippen LogP contribution in [0.1, 0.15) is 26.7 Å². The number of carbonyl (C=O) groups excluding carboxylic acids is 3. The molecule has 0 aliphatic rings. The van der Waals surface area contributed by atoms with Gasteiger partial charge in [-0.1, -0.05) is 0 Å². The van der Waals surface area contributed by atoms with Gasteiger partial charge in [0.1, 0.15) is 12.2 Å². The van der Waals surface area contributed by atoms with E-state index in [0.717, 1.165) is 0 Å². The Balaban J connectivity index is 4.85. The lowest BCUT2D eigenvalue weighted by Gasteiger charge is -2.24. The average Bonchev–Trinajstić information content (AvgIpc) is 2.29. The van der Waals surface area contributed by atoms with Crippen LogP contribution in [0.4, 0.5) is 0 Å². The Hall–Kier alpha value is -1.47. The van der Waals surface area contributed by atoms with Crippen molar-refractivity contribution in [3.63, 3.8) is 0 Å². The second kappa shape index (κ2) is 8.60. The van der Waals surface area contributed by atoms with Crippen LogP contribution in [-0.2, 0) is 28.6 Å². The molecule has 0 atom stereocenters. The zero-order valence-corrected chi connectivity index (χ0v) is 11.4. The number of rotatable bonds is 9. The Morgan fingerprint density at radius 1 is 1.00 bits per heavy atom. The van der Waals surface area contributed by atoms with Gasteiger partial charge in [-0.15, -0.1) is 0 Å². The number of ketones is 1. The summed E-state index contributed by atoms with van der Waals surface area (Å²) in [4.78, 5) is 34.5. The van der Waals surface area contributed by atoms with Crippen LogP contribution < -0.4 is 0 Å². The van der Waals surface area contributed by atoms with Gasteiger partial charge in [-0.25, -0.2) is 0 Å². The number of hydrogen-bond donors (Lipinski definition) is 1. The minimum Gasteiger partial charge on any atom is -0.466 e. The third-order valence-corrected chi connectivity index (χ3v) is 2.28. The van der Waals surface area contributed by atoms with Crippen LogP contribution in [0.5, 0.6) is 0 Å². The van der Waals surface area contributed by atoms with Crippen LogP contribution in [0, 0.1) is 0 Å². The Morgan fingerprint density at radius 3 is 1.74 bits per heavy atom. The van der Waals surface area contributed by atoms with Crippen molar-refractivity contribution in [1.82, 2.24) is 0 Å². The van der Waals surface area contributed by atoms with Gasteiger partial charge in [-0.05, 0) is 13.8 Å². The first kappa shape index (κ1) is 17.5. The van der Waals surface area contributed by atoms with E-state index in [1.165, 1.54) is 7.11 Å². The van der Waals surface area contributed by atoms with Crippen LogP contribution in [0.3, 0.4) is 0 Å². The molecule has 0 heterocycles. The summed E-state index contributed by atoms with van der Waals surface area (Å²) < 4.78 is 13.9. The summed E-state index contributed by atoms with van der Waals surface area (Å²) >= 11 is 0. The molecule has 0 radical (unpaired) electrons. The van der Waals surface area contributed by atoms with E-state index in [4.69, 9.17) is 0 Å². The Morgan fingerprint density at radius 2 is 1.42 bits per heavy atom. The molecule has 0 unspecified atom stereocenters. The standard InChI is InChI=1S/C12H20O7/c1-4-18-10(14)6-12(16,9(13)8-17-3)7-11(15)19-5-2/h16H,4-8H2,1-3H3. The number of methoxy groups -OCH3 is 1. The maximum absolute atomic E-state index is 11.8. The van der Waals surface area contributed by atoms with E-state index in [9.17, 15) is 19.5 Å². The lowest BCUT2D eigenvalue weighted by molar-refractivity contribution is -0.163. The van der Waals surface area contributed by atoms with Crippen molar-refractivity contribution in [2.75, 3.05) is 26.9 Å². The summed E-state index contributed by atoms with van der Waals surface area (Å²) in [6.07, 6.45) is -1.22. The number of aliphatic hydroxyl groups is 1. The molecule has 0 saturated carbocycles. The second-order valence-electron chi connectivity index (χ2n) is 3.85. The molecule has 7 heteroatoms. The molecule has 110 valence electrons. The summed E-state index contributed by atoms with van der Waals surface area (Å²) in [7, 11) is 1.27. The molecule has 0 aromatic heterocycles. The van der Waals surface area contributed by atoms with Gasteiger partial charge in [0.15, 0.2) is 5.78 Å².